The molecule has 6 aliphatic carbocycles. The van der Waals surface area contributed by atoms with Crippen molar-refractivity contribution in [1.29, 1.82) is 0 Å². The fraction of sp³-hybridized carbons (Fsp3) is 0.870. The molecule has 7 rings (SSSR count). The van der Waals surface area contributed by atoms with Crippen molar-refractivity contribution in [2.45, 2.75) is 63.6 Å². The van der Waals surface area contributed by atoms with E-state index in [2.05, 4.69) is 0 Å². The van der Waals surface area contributed by atoms with E-state index in [9.17, 15) is 27.4 Å². The Kier molecular flexibility index (Phi) is 4.90. The molecule has 33 heavy (non-hydrogen) atoms. The van der Waals surface area contributed by atoms with E-state index in [1.165, 1.54) is 19.3 Å². The van der Waals surface area contributed by atoms with Crippen LogP contribution in [0.3, 0.4) is 0 Å². The lowest BCUT2D eigenvalue weighted by molar-refractivity contribution is -0.187. The molecule has 6 atom stereocenters. The van der Waals surface area contributed by atoms with Gasteiger partial charge in [0.25, 0.3) is 0 Å². The van der Waals surface area contributed by atoms with E-state index in [-0.39, 0.29) is 30.8 Å². The summed E-state index contributed by atoms with van der Waals surface area (Å²) in [6.07, 6.45) is 5.59. The first kappa shape index (κ1) is 21.8. The van der Waals surface area contributed by atoms with Crippen LogP contribution >= 0.6 is 0 Å². The zero-order valence-electron chi connectivity index (χ0n) is 18.3. The number of carbonyl (C=O) groups is 3. The third kappa shape index (κ3) is 3.50. The van der Waals surface area contributed by atoms with Crippen molar-refractivity contribution < 1.29 is 41.6 Å². The van der Waals surface area contributed by atoms with Crippen LogP contribution in [-0.2, 0) is 38.7 Å². The van der Waals surface area contributed by atoms with Crippen LogP contribution in [0, 0.1) is 46.8 Å². The molecule has 7 fully saturated rings. The van der Waals surface area contributed by atoms with E-state index in [1.807, 2.05) is 0 Å². The van der Waals surface area contributed by atoms with E-state index in [4.69, 9.17) is 14.2 Å². The van der Waals surface area contributed by atoms with Crippen molar-refractivity contribution in [1.82, 2.24) is 0 Å². The molecule has 6 saturated carbocycles. The van der Waals surface area contributed by atoms with Gasteiger partial charge in [0.1, 0.15) is 12.2 Å². The molecule has 0 radical (unpaired) electrons. The third-order valence-electron chi connectivity index (χ3n) is 9.32. The molecule has 1 aliphatic heterocycles. The van der Waals surface area contributed by atoms with Gasteiger partial charge in [0.05, 0.1) is 34.0 Å². The summed E-state index contributed by atoms with van der Waals surface area (Å²) >= 11 is 0. The highest BCUT2D eigenvalue weighted by Gasteiger charge is 2.70. The Hall–Kier alpha value is -1.68. The van der Waals surface area contributed by atoms with E-state index in [1.54, 1.807) is 0 Å². The number of rotatable bonds is 7. The normalized spacial score (nSPS) is 46.5. The van der Waals surface area contributed by atoms with Gasteiger partial charge >= 0.3 is 17.9 Å². The zero-order chi connectivity index (χ0) is 23.1. The van der Waals surface area contributed by atoms with Crippen LogP contribution in [0.25, 0.3) is 0 Å². The molecule has 6 unspecified atom stereocenters. The Morgan fingerprint density at radius 1 is 1.03 bits per heavy atom. The van der Waals surface area contributed by atoms with Crippen LogP contribution in [0.1, 0.15) is 51.4 Å². The lowest BCUT2D eigenvalue weighted by atomic mass is 9.49. The van der Waals surface area contributed by atoms with Gasteiger partial charge in [-0.1, -0.05) is 0 Å². The van der Waals surface area contributed by atoms with Gasteiger partial charge in [0, 0.05) is 17.6 Å². The standard InChI is InChI=1S/C23H30O9S/c24-20(30-2-1-3-33(27,28)29)16-14-7-15-17(16)21(25)31-18(15)19(14)32-22(26)23-8-11-4-12(9-23)6-13(5-11)10-23/h11-19H,1-10H2,(H,27,28,29)/p-1. The number of ether oxygens (including phenoxy) is 3. The van der Waals surface area contributed by atoms with Crippen LogP contribution < -0.4 is 0 Å². The molecule has 0 spiro atoms. The maximum Gasteiger partial charge on any atom is 0.312 e. The zero-order valence-corrected chi connectivity index (χ0v) is 19.2. The highest BCUT2D eigenvalue weighted by molar-refractivity contribution is 7.85. The largest absolute Gasteiger partial charge is 0.748 e. The van der Waals surface area contributed by atoms with Crippen molar-refractivity contribution in [3.63, 3.8) is 0 Å². The van der Waals surface area contributed by atoms with Gasteiger partial charge in [-0.05, 0) is 69.1 Å². The number of hydrogen-bond donors (Lipinski definition) is 0. The van der Waals surface area contributed by atoms with E-state index in [0.717, 1.165) is 19.3 Å². The highest BCUT2D eigenvalue weighted by atomic mass is 32.2. The summed E-state index contributed by atoms with van der Waals surface area (Å²) < 4.78 is 49.2. The summed E-state index contributed by atoms with van der Waals surface area (Å²) in [6, 6.07) is 0. The van der Waals surface area contributed by atoms with Gasteiger partial charge in [0.15, 0.2) is 0 Å². The molecule has 1 heterocycles. The minimum absolute atomic E-state index is 0.0967. The maximum atomic E-state index is 13.5. The van der Waals surface area contributed by atoms with Crippen molar-refractivity contribution >= 4 is 28.0 Å². The van der Waals surface area contributed by atoms with E-state index in [0.29, 0.717) is 24.2 Å². The molecule has 9 nitrogen and oxygen atoms in total. The quantitative estimate of drug-likeness (QED) is 0.229. The molecule has 0 aromatic rings. The SMILES string of the molecule is O=C1OC2C3CC(C2OC(=O)C24CC5CC(CC(C5)C2)C4)C(C(=O)OCCCS(=O)(=O)[O-])C13. The molecule has 0 aromatic carbocycles. The molecule has 7 aliphatic rings. The number of carbonyl (C=O) groups excluding carboxylic acids is 3. The molecular weight excluding hydrogens is 452 g/mol. The van der Waals surface area contributed by atoms with Crippen LogP contribution in [0.4, 0.5) is 0 Å². The van der Waals surface area contributed by atoms with Gasteiger partial charge in [-0.3, -0.25) is 14.4 Å². The fourth-order valence-corrected chi connectivity index (χ4v) is 9.05. The number of hydrogen-bond acceptors (Lipinski definition) is 9. The lowest BCUT2D eigenvalue weighted by Gasteiger charge is -2.55. The van der Waals surface area contributed by atoms with Crippen molar-refractivity contribution in [2.75, 3.05) is 12.4 Å². The Morgan fingerprint density at radius 3 is 2.27 bits per heavy atom. The number of esters is 3. The Bertz CT molecular complexity index is 953. The summed E-state index contributed by atoms with van der Waals surface area (Å²) in [6.45, 7) is -0.211. The molecule has 10 heteroatoms. The number of fused-ring (bicyclic) bond motifs is 1. The van der Waals surface area contributed by atoms with Crippen LogP contribution in [0.2, 0.25) is 0 Å². The first-order chi connectivity index (χ1) is 15.6. The third-order valence-corrected chi connectivity index (χ3v) is 10.1. The Labute approximate surface area is 192 Å². The topological polar surface area (TPSA) is 136 Å². The fourth-order valence-electron chi connectivity index (χ4n) is 8.58. The Balaban J connectivity index is 1.15. The van der Waals surface area contributed by atoms with Gasteiger partial charge in [-0.2, -0.15) is 0 Å². The van der Waals surface area contributed by atoms with Crippen molar-refractivity contribution in [3.8, 4) is 0 Å². The second-order valence-electron chi connectivity index (χ2n) is 11.4. The summed E-state index contributed by atoms with van der Waals surface area (Å²) in [5.74, 6) is -1.96. The Morgan fingerprint density at radius 2 is 1.67 bits per heavy atom. The summed E-state index contributed by atoms with van der Waals surface area (Å²) in [5, 5.41) is 0. The highest BCUT2D eigenvalue weighted by Crippen LogP contribution is 2.62. The maximum absolute atomic E-state index is 13.5. The van der Waals surface area contributed by atoms with Gasteiger partial charge in [-0.15, -0.1) is 0 Å². The van der Waals surface area contributed by atoms with Crippen molar-refractivity contribution in [3.05, 3.63) is 0 Å². The molecule has 0 aromatic heterocycles. The summed E-state index contributed by atoms with van der Waals surface area (Å²) in [7, 11) is -4.38. The molecule has 182 valence electrons. The monoisotopic (exact) mass is 481 g/mol. The van der Waals surface area contributed by atoms with Crippen LogP contribution in [-0.4, -0.2) is 55.4 Å². The minimum atomic E-state index is -4.38. The van der Waals surface area contributed by atoms with Gasteiger partial charge in [-0.25, -0.2) is 8.42 Å². The average molecular weight is 482 g/mol. The average Bonchev–Trinajstić information content (AvgIpc) is 3.33. The van der Waals surface area contributed by atoms with Crippen molar-refractivity contribution in [2.24, 2.45) is 46.8 Å². The first-order valence-electron chi connectivity index (χ1n) is 12.2. The second kappa shape index (κ2) is 7.41. The van der Waals surface area contributed by atoms with Gasteiger partial charge in [0.2, 0.25) is 0 Å². The van der Waals surface area contributed by atoms with E-state index < -0.39 is 57.3 Å². The molecule has 1 saturated heterocycles. The lowest BCUT2D eigenvalue weighted by Crippen LogP contribution is -2.52. The molecule has 6 bridgehead atoms. The smallest absolute Gasteiger partial charge is 0.312 e. The van der Waals surface area contributed by atoms with Crippen LogP contribution in [0.15, 0.2) is 0 Å². The second-order valence-corrected chi connectivity index (χ2v) is 12.9. The molecule has 0 N–H and O–H groups in total. The molecular formula is C23H29O9S-. The van der Waals surface area contributed by atoms with E-state index >= 15 is 0 Å². The summed E-state index contributed by atoms with van der Waals surface area (Å²) in [5.41, 5.74) is -0.432. The first-order valence-corrected chi connectivity index (χ1v) is 13.7. The predicted octanol–water partition coefficient (Wildman–Crippen LogP) is 1.40. The predicted molar refractivity (Wildman–Crippen MR) is 109 cm³/mol. The minimum Gasteiger partial charge on any atom is -0.748 e. The van der Waals surface area contributed by atoms with Gasteiger partial charge < -0.3 is 18.8 Å². The summed E-state index contributed by atoms with van der Waals surface area (Å²) in [4.78, 5) is 38.9. The molecule has 0 amide bonds. The van der Waals surface area contributed by atoms with Crippen LogP contribution in [0.5, 0.6) is 0 Å².